The number of hydrogen-bond donors (Lipinski definition) is 1. The number of aromatic nitrogens is 2. The molecule has 1 aromatic rings. The second-order valence-electron chi connectivity index (χ2n) is 4.02. The fraction of sp³-hybridized carbons (Fsp3) is 0.750. The van der Waals surface area contributed by atoms with Crippen molar-refractivity contribution < 1.29 is 4.74 Å². The van der Waals surface area contributed by atoms with E-state index in [2.05, 4.69) is 16.9 Å². The Kier molecular flexibility index (Phi) is 6.18. The van der Waals surface area contributed by atoms with Crippen LogP contribution in [0.1, 0.15) is 25.5 Å². The summed E-state index contributed by atoms with van der Waals surface area (Å²) in [5.41, 5.74) is 7.05. The Morgan fingerprint density at radius 1 is 1.53 bits per heavy atom. The highest BCUT2D eigenvalue weighted by Gasteiger charge is 2.18. The first-order valence-electron chi connectivity index (χ1n) is 6.23. The van der Waals surface area contributed by atoms with Gasteiger partial charge in [-0.05, 0) is 13.5 Å². The Morgan fingerprint density at radius 2 is 2.29 bits per heavy atom. The van der Waals surface area contributed by atoms with Gasteiger partial charge in [0.25, 0.3) is 0 Å². The molecule has 5 nitrogen and oxygen atoms in total. The zero-order valence-electron chi connectivity index (χ0n) is 11.1. The molecule has 98 valence electrons. The standard InChI is InChI=1S/C12H24N4O/c1-4-16(6-7-17-5-2)12(8-13)11-9-14-15(3)10-11/h9-10,12H,4-8,13H2,1-3H3. The van der Waals surface area contributed by atoms with E-state index in [1.165, 1.54) is 5.56 Å². The summed E-state index contributed by atoms with van der Waals surface area (Å²) in [5, 5.41) is 4.20. The van der Waals surface area contributed by atoms with Crippen LogP contribution in [0.15, 0.2) is 12.4 Å². The van der Waals surface area contributed by atoms with Crippen molar-refractivity contribution in [2.24, 2.45) is 12.8 Å². The molecule has 1 aromatic heterocycles. The van der Waals surface area contributed by atoms with E-state index >= 15 is 0 Å². The molecule has 0 saturated heterocycles. The van der Waals surface area contributed by atoms with Crippen LogP contribution in [0, 0.1) is 0 Å². The van der Waals surface area contributed by atoms with Crippen molar-refractivity contribution in [1.29, 1.82) is 0 Å². The lowest BCUT2D eigenvalue weighted by Crippen LogP contribution is -2.36. The SMILES string of the molecule is CCOCCN(CC)C(CN)c1cnn(C)c1. The molecule has 5 heteroatoms. The third kappa shape index (κ3) is 4.11. The molecule has 0 aliphatic rings. The van der Waals surface area contributed by atoms with Crippen LogP contribution in [-0.4, -0.2) is 47.5 Å². The summed E-state index contributed by atoms with van der Waals surface area (Å²) < 4.78 is 7.21. The van der Waals surface area contributed by atoms with Crippen molar-refractivity contribution in [1.82, 2.24) is 14.7 Å². The minimum atomic E-state index is 0.231. The molecule has 0 radical (unpaired) electrons. The quantitative estimate of drug-likeness (QED) is 0.682. The van der Waals surface area contributed by atoms with Crippen LogP contribution < -0.4 is 5.73 Å². The van der Waals surface area contributed by atoms with Gasteiger partial charge in [0, 0.05) is 38.5 Å². The maximum Gasteiger partial charge on any atom is 0.0593 e. The molecule has 0 bridgehead atoms. The molecule has 17 heavy (non-hydrogen) atoms. The lowest BCUT2D eigenvalue weighted by atomic mass is 10.1. The zero-order chi connectivity index (χ0) is 12.7. The van der Waals surface area contributed by atoms with E-state index in [0.717, 1.165) is 26.3 Å². The summed E-state index contributed by atoms with van der Waals surface area (Å²) in [6.07, 6.45) is 3.92. The number of ether oxygens (including phenoxy) is 1. The molecule has 1 rings (SSSR count). The van der Waals surface area contributed by atoms with Gasteiger partial charge in [0.1, 0.15) is 0 Å². The number of likely N-dealkylation sites (N-methyl/N-ethyl adjacent to an activating group) is 1. The second kappa shape index (κ2) is 7.42. The molecular formula is C12H24N4O. The Balaban J connectivity index is 2.62. The van der Waals surface area contributed by atoms with Gasteiger partial charge in [-0.1, -0.05) is 6.92 Å². The average Bonchev–Trinajstić information content (AvgIpc) is 2.75. The van der Waals surface area contributed by atoms with Crippen LogP contribution in [0.5, 0.6) is 0 Å². The third-order valence-electron chi connectivity index (χ3n) is 2.91. The smallest absolute Gasteiger partial charge is 0.0593 e. The lowest BCUT2D eigenvalue weighted by Gasteiger charge is -2.28. The fourth-order valence-corrected chi connectivity index (χ4v) is 1.97. The summed E-state index contributed by atoms with van der Waals surface area (Å²) in [4.78, 5) is 2.33. The van der Waals surface area contributed by atoms with E-state index in [4.69, 9.17) is 10.5 Å². The van der Waals surface area contributed by atoms with Gasteiger partial charge in [-0.15, -0.1) is 0 Å². The summed E-state index contributed by atoms with van der Waals surface area (Å²) in [6, 6.07) is 0.231. The van der Waals surface area contributed by atoms with Crippen LogP contribution in [0.4, 0.5) is 0 Å². The Bertz CT molecular complexity index is 313. The Labute approximate surface area is 104 Å². The van der Waals surface area contributed by atoms with Gasteiger partial charge in [-0.3, -0.25) is 9.58 Å². The van der Waals surface area contributed by atoms with E-state index in [1.807, 2.05) is 31.0 Å². The molecule has 0 amide bonds. The lowest BCUT2D eigenvalue weighted by molar-refractivity contribution is 0.0980. The summed E-state index contributed by atoms with van der Waals surface area (Å²) in [5.74, 6) is 0. The Morgan fingerprint density at radius 3 is 2.76 bits per heavy atom. The minimum absolute atomic E-state index is 0.231. The summed E-state index contributed by atoms with van der Waals surface area (Å²) in [7, 11) is 1.92. The second-order valence-corrected chi connectivity index (χ2v) is 4.02. The van der Waals surface area contributed by atoms with Gasteiger partial charge in [0.15, 0.2) is 0 Å². The molecule has 0 aliphatic heterocycles. The minimum Gasteiger partial charge on any atom is -0.380 e. The number of aryl methyl sites for hydroxylation is 1. The molecule has 0 saturated carbocycles. The van der Waals surface area contributed by atoms with Crippen molar-refractivity contribution in [3.8, 4) is 0 Å². The predicted octanol–water partition coefficient (Wildman–Crippen LogP) is 0.778. The van der Waals surface area contributed by atoms with Crippen molar-refractivity contribution in [3.05, 3.63) is 18.0 Å². The van der Waals surface area contributed by atoms with Crippen molar-refractivity contribution in [2.75, 3.05) is 32.8 Å². The van der Waals surface area contributed by atoms with Gasteiger partial charge < -0.3 is 10.5 Å². The van der Waals surface area contributed by atoms with Crippen LogP contribution in [0.2, 0.25) is 0 Å². The average molecular weight is 240 g/mol. The highest BCUT2D eigenvalue weighted by molar-refractivity contribution is 5.11. The predicted molar refractivity (Wildman–Crippen MR) is 68.7 cm³/mol. The molecule has 0 aliphatic carbocycles. The molecule has 0 spiro atoms. The number of hydrogen-bond acceptors (Lipinski definition) is 4. The number of rotatable bonds is 8. The summed E-state index contributed by atoms with van der Waals surface area (Å²) >= 11 is 0. The molecule has 2 N–H and O–H groups in total. The first kappa shape index (κ1) is 14.2. The highest BCUT2D eigenvalue weighted by Crippen LogP contribution is 2.18. The van der Waals surface area contributed by atoms with Crippen LogP contribution in [0.25, 0.3) is 0 Å². The van der Waals surface area contributed by atoms with Crippen molar-refractivity contribution >= 4 is 0 Å². The monoisotopic (exact) mass is 240 g/mol. The molecule has 1 heterocycles. The van der Waals surface area contributed by atoms with Crippen molar-refractivity contribution in [2.45, 2.75) is 19.9 Å². The summed E-state index contributed by atoms with van der Waals surface area (Å²) in [6.45, 7) is 8.14. The van der Waals surface area contributed by atoms with E-state index in [-0.39, 0.29) is 6.04 Å². The first-order valence-corrected chi connectivity index (χ1v) is 6.23. The Hall–Kier alpha value is -0.910. The molecule has 1 atom stereocenters. The topological polar surface area (TPSA) is 56.3 Å². The van der Waals surface area contributed by atoms with Crippen LogP contribution >= 0.6 is 0 Å². The van der Waals surface area contributed by atoms with Gasteiger partial charge in [0.05, 0.1) is 18.8 Å². The molecule has 0 aromatic carbocycles. The number of nitrogens with zero attached hydrogens (tertiary/aromatic N) is 3. The largest absolute Gasteiger partial charge is 0.380 e. The van der Waals surface area contributed by atoms with E-state index in [0.29, 0.717) is 6.54 Å². The van der Waals surface area contributed by atoms with Crippen molar-refractivity contribution in [3.63, 3.8) is 0 Å². The van der Waals surface area contributed by atoms with Gasteiger partial charge in [-0.25, -0.2) is 0 Å². The molecule has 1 unspecified atom stereocenters. The van der Waals surface area contributed by atoms with E-state index in [9.17, 15) is 0 Å². The van der Waals surface area contributed by atoms with Gasteiger partial charge in [0.2, 0.25) is 0 Å². The first-order chi connectivity index (χ1) is 8.22. The van der Waals surface area contributed by atoms with Crippen LogP contribution in [-0.2, 0) is 11.8 Å². The van der Waals surface area contributed by atoms with Gasteiger partial charge in [-0.2, -0.15) is 5.10 Å². The maximum atomic E-state index is 5.88. The van der Waals surface area contributed by atoms with Gasteiger partial charge >= 0.3 is 0 Å². The molecular weight excluding hydrogens is 216 g/mol. The zero-order valence-corrected chi connectivity index (χ0v) is 11.1. The number of nitrogens with two attached hydrogens (primary N) is 1. The van der Waals surface area contributed by atoms with Crippen LogP contribution in [0.3, 0.4) is 0 Å². The highest BCUT2D eigenvalue weighted by atomic mass is 16.5. The molecule has 0 fully saturated rings. The van der Waals surface area contributed by atoms with E-state index < -0.39 is 0 Å². The van der Waals surface area contributed by atoms with E-state index in [1.54, 1.807) is 0 Å². The fourth-order valence-electron chi connectivity index (χ4n) is 1.97. The maximum absolute atomic E-state index is 5.88. The normalized spacial score (nSPS) is 13.2. The third-order valence-corrected chi connectivity index (χ3v) is 2.91.